The van der Waals surface area contributed by atoms with Gasteiger partial charge < -0.3 is 9.67 Å². The third-order valence-electron chi connectivity index (χ3n) is 3.30. The molecule has 2 nitrogen and oxygen atoms in total. The van der Waals surface area contributed by atoms with Gasteiger partial charge in [-0.3, -0.25) is 0 Å². The molecule has 1 atom stereocenters. The van der Waals surface area contributed by atoms with Gasteiger partial charge >= 0.3 is 0 Å². The fourth-order valence-corrected chi connectivity index (χ4v) is 2.20. The maximum Gasteiger partial charge on any atom is 0.290 e. The zero-order valence-corrected chi connectivity index (χ0v) is 11.5. The average Bonchev–Trinajstić information content (AvgIpc) is 2.88. The SMILES string of the molecule is CCCC(O)c1ccn(CC(F)(F)c2ccccc2)c1. The second-order valence-corrected chi connectivity index (χ2v) is 4.99. The molecule has 0 amide bonds. The van der Waals surface area contributed by atoms with E-state index in [2.05, 4.69) is 0 Å². The van der Waals surface area contributed by atoms with Crippen LogP contribution in [0.2, 0.25) is 0 Å². The van der Waals surface area contributed by atoms with Crippen LogP contribution >= 0.6 is 0 Å². The number of aromatic nitrogens is 1. The van der Waals surface area contributed by atoms with Crippen LogP contribution in [0.15, 0.2) is 48.8 Å². The van der Waals surface area contributed by atoms with Gasteiger partial charge in [0.15, 0.2) is 0 Å². The highest BCUT2D eigenvalue weighted by Crippen LogP contribution is 2.30. The van der Waals surface area contributed by atoms with E-state index in [1.54, 1.807) is 36.7 Å². The second kappa shape index (κ2) is 6.18. The standard InChI is InChI=1S/C16H19F2NO/c1-2-6-15(20)13-9-10-19(11-13)12-16(17,18)14-7-4-3-5-8-14/h3-5,7-11,15,20H,2,6,12H2,1H3. The van der Waals surface area contributed by atoms with Crippen LogP contribution in [0.4, 0.5) is 8.78 Å². The highest BCUT2D eigenvalue weighted by Gasteiger charge is 2.31. The van der Waals surface area contributed by atoms with E-state index in [4.69, 9.17) is 0 Å². The molecule has 1 unspecified atom stereocenters. The van der Waals surface area contributed by atoms with Crippen LogP contribution in [0.1, 0.15) is 37.0 Å². The maximum absolute atomic E-state index is 14.1. The Kier molecular flexibility index (Phi) is 4.55. The van der Waals surface area contributed by atoms with Gasteiger partial charge in [0.1, 0.15) is 0 Å². The number of aliphatic hydroxyl groups is 1. The van der Waals surface area contributed by atoms with Gasteiger partial charge in [-0.2, -0.15) is 8.78 Å². The normalized spacial score (nSPS) is 13.4. The van der Waals surface area contributed by atoms with Crippen molar-refractivity contribution in [2.24, 2.45) is 0 Å². The van der Waals surface area contributed by atoms with E-state index in [-0.39, 0.29) is 5.56 Å². The van der Waals surface area contributed by atoms with Crippen LogP contribution in [0.3, 0.4) is 0 Å². The van der Waals surface area contributed by atoms with Crippen molar-refractivity contribution < 1.29 is 13.9 Å². The van der Waals surface area contributed by atoms with E-state index in [1.165, 1.54) is 16.7 Å². The number of rotatable bonds is 6. The first-order chi connectivity index (χ1) is 9.53. The molecule has 0 aliphatic rings. The van der Waals surface area contributed by atoms with Crippen LogP contribution in [0.5, 0.6) is 0 Å². The number of halogens is 2. The molecule has 0 saturated carbocycles. The van der Waals surface area contributed by atoms with Gasteiger partial charge in [0.25, 0.3) is 5.92 Å². The summed E-state index contributed by atoms with van der Waals surface area (Å²) in [7, 11) is 0. The van der Waals surface area contributed by atoms with Gasteiger partial charge in [-0.15, -0.1) is 0 Å². The zero-order chi connectivity index (χ0) is 14.6. The average molecular weight is 279 g/mol. The number of hydrogen-bond acceptors (Lipinski definition) is 1. The van der Waals surface area contributed by atoms with E-state index >= 15 is 0 Å². The molecular formula is C16H19F2NO. The largest absolute Gasteiger partial charge is 0.388 e. The molecule has 20 heavy (non-hydrogen) atoms. The summed E-state index contributed by atoms with van der Waals surface area (Å²) in [6, 6.07) is 9.48. The fraction of sp³-hybridized carbons (Fsp3) is 0.375. The summed E-state index contributed by atoms with van der Waals surface area (Å²) in [4.78, 5) is 0. The molecule has 1 aromatic carbocycles. The lowest BCUT2D eigenvalue weighted by Crippen LogP contribution is -2.20. The van der Waals surface area contributed by atoms with Gasteiger partial charge in [0.05, 0.1) is 12.6 Å². The molecule has 0 aliphatic heterocycles. The summed E-state index contributed by atoms with van der Waals surface area (Å²) in [5, 5.41) is 9.85. The Bertz CT molecular complexity index is 536. The predicted octanol–water partition coefficient (Wildman–Crippen LogP) is 4.11. The van der Waals surface area contributed by atoms with Gasteiger partial charge in [-0.25, -0.2) is 0 Å². The van der Waals surface area contributed by atoms with E-state index in [9.17, 15) is 13.9 Å². The van der Waals surface area contributed by atoms with E-state index in [0.29, 0.717) is 12.0 Å². The lowest BCUT2D eigenvalue weighted by molar-refractivity contribution is -0.0222. The van der Waals surface area contributed by atoms with Crippen LogP contribution < -0.4 is 0 Å². The summed E-state index contributed by atoms with van der Waals surface area (Å²) >= 11 is 0. The molecule has 1 aromatic heterocycles. The molecule has 0 saturated heterocycles. The summed E-state index contributed by atoms with van der Waals surface area (Å²) in [6.07, 6.45) is 4.10. The first-order valence-electron chi connectivity index (χ1n) is 6.80. The van der Waals surface area contributed by atoms with Gasteiger partial charge in [-0.05, 0) is 18.1 Å². The number of nitrogens with zero attached hydrogens (tertiary/aromatic N) is 1. The maximum atomic E-state index is 14.1. The summed E-state index contributed by atoms with van der Waals surface area (Å²) in [5.41, 5.74) is 0.695. The highest BCUT2D eigenvalue weighted by molar-refractivity contribution is 5.20. The molecule has 0 spiro atoms. The third-order valence-corrected chi connectivity index (χ3v) is 3.30. The van der Waals surface area contributed by atoms with Crippen LogP contribution in [0.25, 0.3) is 0 Å². The molecule has 108 valence electrons. The third kappa shape index (κ3) is 3.45. The summed E-state index contributed by atoms with van der Waals surface area (Å²) in [5.74, 6) is -2.92. The molecule has 0 fully saturated rings. The minimum absolute atomic E-state index is 0.00403. The summed E-state index contributed by atoms with van der Waals surface area (Å²) < 4.78 is 29.7. The van der Waals surface area contributed by atoms with Crippen molar-refractivity contribution in [1.29, 1.82) is 0 Å². The summed E-state index contributed by atoms with van der Waals surface area (Å²) in [6.45, 7) is 1.56. The zero-order valence-electron chi connectivity index (χ0n) is 11.5. The number of alkyl halides is 2. The topological polar surface area (TPSA) is 25.2 Å². The Morgan fingerprint density at radius 2 is 1.90 bits per heavy atom. The van der Waals surface area contributed by atoms with E-state index < -0.39 is 18.6 Å². The van der Waals surface area contributed by atoms with Crippen molar-refractivity contribution in [1.82, 2.24) is 4.57 Å². The van der Waals surface area contributed by atoms with Crippen molar-refractivity contribution >= 4 is 0 Å². The fourth-order valence-electron chi connectivity index (χ4n) is 2.20. The molecule has 0 radical (unpaired) electrons. The van der Waals surface area contributed by atoms with Crippen LogP contribution in [-0.2, 0) is 12.5 Å². The van der Waals surface area contributed by atoms with Crippen molar-refractivity contribution in [2.75, 3.05) is 0 Å². The van der Waals surface area contributed by atoms with Gasteiger partial charge in [0, 0.05) is 18.0 Å². The molecular weight excluding hydrogens is 260 g/mol. The molecule has 2 rings (SSSR count). The van der Waals surface area contributed by atoms with Crippen molar-refractivity contribution in [3.63, 3.8) is 0 Å². The monoisotopic (exact) mass is 279 g/mol. The van der Waals surface area contributed by atoms with Crippen LogP contribution in [-0.4, -0.2) is 9.67 Å². The molecule has 1 heterocycles. The minimum Gasteiger partial charge on any atom is -0.388 e. The van der Waals surface area contributed by atoms with Gasteiger partial charge in [-0.1, -0.05) is 43.7 Å². The minimum atomic E-state index is -2.92. The van der Waals surface area contributed by atoms with E-state index in [0.717, 1.165) is 6.42 Å². The lowest BCUT2D eigenvalue weighted by atomic mass is 10.1. The highest BCUT2D eigenvalue weighted by atomic mass is 19.3. The van der Waals surface area contributed by atoms with Gasteiger partial charge in [0.2, 0.25) is 0 Å². The van der Waals surface area contributed by atoms with E-state index in [1.807, 2.05) is 6.92 Å². The molecule has 0 aliphatic carbocycles. The Balaban J connectivity index is 2.10. The van der Waals surface area contributed by atoms with Crippen molar-refractivity contribution in [3.05, 3.63) is 59.9 Å². The smallest absolute Gasteiger partial charge is 0.290 e. The lowest BCUT2D eigenvalue weighted by Gasteiger charge is -2.17. The van der Waals surface area contributed by atoms with Crippen molar-refractivity contribution in [2.45, 2.75) is 38.3 Å². The number of hydrogen-bond donors (Lipinski definition) is 1. The number of aliphatic hydroxyl groups excluding tert-OH is 1. The Labute approximate surface area is 117 Å². The first kappa shape index (κ1) is 14.7. The Morgan fingerprint density at radius 1 is 1.20 bits per heavy atom. The first-order valence-corrected chi connectivity index (χ1v) is 6.80. The van der Waals surface area contributed by atoms with Crippen LogP contribution in [0, 0.1) is 0 Å². The quantitative estimate of drug-likeness (QED) is 0.845. The predicted molar refractivity (Wildman–Crippen MR) is 74.6 cm³/mol. The molecule has 4 heteroatoms. The Morgan fingerprint density at radius 3 is 2.55 bits per heavy atom. The molecule has 0 bridgehead atoms. The Hall–Kier alpha value is -1.68. The second-order valence-electron chi connectivity index (χ2n) is 4.99. The number of benzene rings is 1. The van der Waals surface area contributed by atoms with Crippen molar-refractivity contribution in [3.8, 4) is 0 Å². The molecule has 1 N–H and O–H groups in total. The molecule has 2 aromatic rings.